The molecule has 1 aliphatic rings. The molecule has 128 valence electrons. The van der Waals surface area contributed by atoms with Crippen LogP contribution in [0.5, 0.6) is 0 Å². The van der Waals surface area contributed by atoms with E-state index in [1.54, 1.807) is 0 Å². The SMILES string of the molecule is O=C(c1ccc(=O)[nH]c1)N1CCCC(c2nnc(C(F)(F)F)o2)C1. The fraction of sp³-hybridized carbons (Fsp3) is 0.429. The first kappa shape index (κ1) is 16.2. The van der Waals surface area contributed by atoms with Crippen molar-refractivity contribution >= 4 is 5.91 Å². The third-order valence-corrected chi connectivity index (χ3v) is 3.77. The molecule has 0 aliphatic carbocycles. The molecule has 1 aliphatic heterocycles. The largest absolute Gasteiger partial charge is 0.470 e. The quantitative estimate of drug-likeness (QED) is 0.898. The summed E-state index contributed by atoms with van der Waals surface area (Å²) in [6, 6.07) is 2.64. The summed E-state index contributed by atoms with van der Waals surface area (Å²) in [6.07, 6.45) is -2.23. The second-order valence-electron chi connectivity index (χ2n) is 5.48. The Morgan fingerprint density at radius 2 is 2.12 bits per heavy atom. The normalized spacial score (nSPS) is 18.6. The number of pyridine rings is 1. The lowest BCUT2D eigenvalue weighted by Gasteiger charge is -2.31. The fourth-order valence-corrected chi connectivity index (χ4v) is 2.60. The average molecular weight is 342 g/mol. The zero-order valence-corrected chi connectivity index (χ0v) is 12.3. The van der Waals surface area contributed by atoms with Gasteiger partial charge in [-0.3, -0.25) is 9.59 Å². The maximum atomic E-state index is 12.5. The van der Waals surface area contributed by atoms with Gasteiger partial charge in [-0.1, -0.05) is 0 Å². The lowest BCUT2D eigenvalue weighted by atomic mass is 9.97. The van der Waals surface area contributed by atoms with Gasteiger partial charge in [-0.05, 0) is 18.9 Å². The lowest BCUT2D eigenvalue weighted by Crippen LogP contribution is -2.39. The number of H-pyrrole nitrogens is 1. The smallest absolute Gasteiger partial charge is 0.417 e. The van der Waals surface area contributed by atoms with Gasteiger partial charge >= 0.3 is 12.1 Å². The minimum atomic E-state index is -4.69. The van der Waals surface area contributed by atoms with E-state index in [4.69, 9.17) is 4.42 Å². The van der Waals surface area contributed by atoms with Gasteiger partial charge in [-0.25, -0.2) is 0 Å². The molecule has 1 atom stereocenters. The third-order valence-electron chi connectivity index (χ3n) is 3.77. The Kier molecular flexibility index (Phi) is 4.12. The Hall–Kier alpha value is -2.65. The summed E-state index contributed by atoms with van der Waals surface area (Å²) < 4.78 is 42.3. The summed E-state index contributed by atoms with van der Waals surface area (Å²) in [4.78, 5) is 27.4. The van der Waals surface area contributed by atoms with E-state index >= 15 is 0 Å². The molecular formula is C14H13F3N4O3. The highest BCUT2D eigenvalue weighted by molar-refractivity contribution is 5.93. The van der Waals surface area contributed by atoms with Crippen LogP contribution in [0.2, 0.25) is 0 Å². The number of halogens is 3. The summed E-state index contributed by atoms with van der Waals surface area (Å²) in [5, 5.41) is 6.48. The van der Waals surface area contributed by atoms with Gasteiger partial charge < -0.3 is 14.3 Å². The molecule has 2 aromatic rings. The molecule has 10 heteroatoms. The highest BCUT2D eigenvalue weighted by Crippen LogP contribution is 2.32. The minimum absolute atomic E-state index is 0.124. The van der Waals surface area contributed by atoms with Crippen LogP contribution in [0.15, 0.2) is 27.5 Å². The number of rotatable bonds is 2. The summed E-state index contributed by atoms with van der Waals surface area (Å²) in [6.45, 7) is 0.645. The van der Waals surface area contributed by atoms with E-state index in [1.165, 1.54) is 23.2 Å². The molecule has 0 spiro atoms. The highest BCUT2D eigenvalue weighted by Gasteiger charge is 2.39. The molecule has 0 saturated carbocycles. The van der Waals surface area contributed by atoms with Gasteiger partial charge in [0.15, 0.2) is 0 Å². The predicted octanol–water partition coefficient (Wildman–Crippen LogP) is 1.80. The number of aromatic nitrogens is 3. The first-order valence-electron chi connectivity index (χ1n) is 7.23. The molecule has 1 fully saturated rings. The van der Waals surface area contributed by atoms with Crippen LogP contribution in [-0.2, 0) is 6.18 Å². The number of nitrogens with one attached hydrogen (secondary N) is 1. The number of carbonyl (C=O) groups excluding carboxylic acids is 1. The number of nitrogens with zero attached hydrogens (tertiary/aromatic N) is 3. The van der Waals surface area contributed by atoms with Crippen LogP contribution in [-0.4, -0.2) is 39.1 Å². The monoisotopic (exact) mass is 342 g/mol. The van der Waals surface area contributed by atoms with E-state index in [9.17, 15) is 22.8 Å². The van der Waals surface area contributed by atoms with Crippen LogP contribution in [0.4, 0.5) is 13.2 Å². The highest BCUT2D eigenvalue weighted by atomic mass is 19.4. The third kappa shape index (κ3) is 3.31. The van der Waals surface area contributed by atoms with Crippen molar-refractivity contribution in [3.05, 3.63) is 46.0 Å². The molecule has 24 heavy (non-hydrogen) atoms. The molecular weight excluding hydrogens is 329 g/mol. The van der Waals surface area contributed by atoms with Gasteiger partial charge in [0, 0.05) is 25.4 Å². The van der Waals surface area contributed by atoms with Gasteiger partial charge in [0.1, 0.15) is 0 Å². The number of carbonyl (C=O) groups is 1. The van der Waals surface area contributed by atoms with E-state index in [1.807, 2.05) is 0 Å². The van der Waals surface area contributed by atoms with Crippen molar-refractivity contribution in [2.24, 2.45) is 0 Å². The molecule has 3 rings (SSSR count). The number of amides is 1. The lowest BCUT2D eigenvalue weighted by molar-refractivity contribution is -0.157. The zero-order valence-electron chi connectivity index (χ0n) is 12.3. The van der Waals surface area contributed by atoms with Crippen molar-refractivity contribution in [2.45, 2.75) is 24.9 Å². The molecule has 3 heterocycles. The number of alkyl halides is 3. The van der Waals surface area contributed by atoms with E-state index in [-0.39, 0.29) is 23.9 Å². The number of piperidine rings is 1. The van der Waals surface area contributed by atoms with Crippen molar-refractivity contribution in [1.82, 2.24) is 20.1 Å². The van der Waals surface area contributed by atoms with Crippen LogP contribution in [0.25, 0.3) is 0 Å². The fourth-order valence-electron chi connectivity index (χ4n) is 2.60. The van der Waals surface area contributed by atoms with Crippen LogP contribution in [0.3, 0.4) is 0 Å². The van der Waals surface area contributed by atoms with E-state index in [0.717, 1.165) is 0 Å². The van der Waals surface area contributed by atoms with Crippen molar-refractivity contribution in [2.75, 3.05) is 13.1 Å². The molecule has 1 amide bonds. The summed E-state index contributed by atoms with van der Waals surface area (Å²) >= 11 is 0. The van der Waals surface area contributed by atoms with E-state index < -0.39 is 18.0 Å². The maximum Gasteiger partial charge on any atom is 0.470 e. The summed E-state index contributed by atoms with van der Waals surface area (Å²) in [7, 11) is 0. The zero-order chi connectivity index (χ0) is 17.3. The Balaban J connectivity index is 1.74. The molecule has 1 saturated heterocycles. The molecule has 1 N–H and O–H groups in total. The number of hydrogen-bond donors (Lipinski definition) is 1. The number of likely N-dealkylation sites (tertiary alicyclic amines) is 1. The minimum Gasteiger partial charge on any atom is -0.417 e. The summed E-state index contributed by atoms with van der Waals surface area (Å²) in [5.74, 6) is -2.27. The van der Waals surface area contributed by atoms with Crippen LogP contribution < -0.4 is 5.56 Å². The molecule has 0 aromatic carbocycles. The van der Waals surface area contributed by atoms with Gasteiger partial charge in [-0.15, -0.1) is 10.2 Å². The number of hydrogen-bond acceptors (Lipinski definition) is 5. The Labute approximate surface area is 133 Å². The Morgan fingerprint density at radius 1 is 1.33 bits per heavy atom. The van der Waals surface area contributed by atoms with Crippen LogP contribution in [0, 0.1) is 0 Å². The van der Waals surface area contributed by atoms with Gasteiger partial charge in [0.2, 0.25) is 11.4 Å². The van der Waals surface area contributed by atoms with Crippen molar-refractivity contribution in [3.8, 4) is 0 Å². The molecule has 0 radical (unpaired) electrons. The molecule has 7 nitrogen and oxygen atoms in total. The molecule has 0 bridgehead atoms. The van der Waals surface area contributed by atoms with Gasteiger partial charge in [-0.2, -0.15) is 13.2 Å². The first-order valence-corrected chi connectivity index (χ1v) is 7.23. The van der Waals surface area contributed by atoms with E-state index in [0.29, 0.717) is 24.9 Å². The van der Waals surface area contributed by atoms with Gasteiger partial charge in [0.05, 0.1) is 11.5 Å². The summed E-state index contributed by atoms with van der Waals surface area (Å²) in [5.41, 5.74) is -0.0228. The van der Waals surface area contributed by atoms with Crippen LogP contribution >= 0.6 is 0 Å². The molecule has 2 aromatic heterocycles. The second-order valence-corrected chi connectivity index (χ2v) is 5.48. The van der Waals surface area contributed by atoms with Crippen molar-refractivity contribution < 1.29 is 22.4 Å². The topological polar surface area (TPSA) is 92.1 Å². The maximum absolute atomic E-state index is 12.5. The first-order chi connectivity index (χ1) is 11.3. The van der Waals surface area contributed by atoms with Crippen LogP contribution in [0.1, 0.15) is 40.9 Å². The standard InChI is InChI=1S/C14H13F3N4O3/c15-14(16,17)13-20-19-11(24-13)9-2-1-5-21(7-9)12(23)8-3-4-10(22)18-6-8/h3-4,6,9H,1-2,5,7H2,(H,18,22). The second kappa shape index (κ2) is 6.10. The predicted molar refractivity (Wildman–Crippen MR) is 74.2 cm³/mol. The van der Waals surface area contributed by atoms with Gasteiger partial charge in [0.25, 0.3) is 5.91 Å². The van der Waals surface area contributed by atoms with Crippen molar-refractivity contribution in [3.63, 3.8) is 0 Å². The Morgan fingerprint density at radius 3 is 2.75 bits per heavy atom. The van der Waals surface area contributed by atoms with Crippen molar-refractivity contribution in [1.29, 1.82) is 0 Å². The van der Waals surface area contributed by atoms with E-state index in [2.05, 4.69) is 15.2 Å². The molecule has 1 unspecified atom stereocenters. The average Bonchev–Trinajstić information content (AvgIpc) is 3.05. The Bertz CT molecular complexity index is 779. The number of aromatic amines is 1.